The fourth-order valence-corrected chi connectivity index (χ4v) is 2.96. The largest absolute Gasteiger partial charge is 0.337 e. The number of rotatable bonds is 2. The number of nitrogens with zero attached hydrogens (tertiary/aromatic N) is 3. The van der Waals surface area contributed by atoms with E-state index in [4.69, 9.17) is 0 Å². The molecular weight excluding hydrogens is 402 g/mol. The molecule has 0 unspecified atom stereocenters. The minimum Gasteiger partial charge on any atom is -0.337 e. The Balaban J connectivity index is 0.000000948. The van der Waals surface area contributed by atoms with Crippen LogP contribution in [0.3, 0.4) is 0 Å². The van der Waals surface area contributed by atoms with Crippen molar-refractivity contribution in [3.8, 4) is 0 Å². The van der Waals surface area contributed by atoms with Gasteiger partial charge >= 0.3 is 0 Å². The monoisotopic (exact) mass is 416 g/mol. The molecule has 0 saturated heterocycles. The fourth-order valence-electron chi connectivity index (χ4n) is 2.54. The fraction of sp³-hybridized carbons (Fsp3) is 0.105. The molecule has 0 radical (unpaired) electrons. The van der Waals surface area contributed by atoms with Crippen molar-refractivity contribution in [2.45, 2.75) is 13.8 Å². The summed E-state index contributed by atoms with van der Waals surface area (Å²) in [5.74, 6) is -0.762. The van der Waals surface area contributed by atoms with Gasteiger partial charge in [-0.1, -0.05) is 29.8 Å². The minimum absolute atomic E-state index is 0.192. The molecule has 0 spiro atoms. The zero-order valence-corrected chi connectivity index (χ0v) is 15.7. The molecule has 0 saturated carbocycles. The minimum atomic E-state index is -0.495. The molecule has 132 valence electrons. The number of fused-ring (bicyclic) bond motifs is 2. The lowest BCUT2D eigenvalue weighted by atomic mass is 10.1. The van der Waals surface area contributed by atoms with Crippen LogP contribution in [0.25, 0.3) is 21.8 Å². The van der Waals surface area contributed by atoms with E-state index < -0.39 is 11.6 Å². The first-order chi connectivity index (χ1) is 12.6. The molecular formula is C19H15BrF2N4. The highest BCUT2D eigenvalue weighted by atomic mass is 79.9. The lowest BCUT2D eigenvalue weighted by Crippen LogP contribution is -2.00. The molecule has 4 rings (SSSR count). The van der Waals surface area contributed by atoms with Gasteiger partial charge in [0, 0.05) is 16.1 Å². The summed E-state index contributed by atoms with van der Waals surface area (Å²) in [6, 6.07) is 9.53. The van der Waals surface area contributed by atoms with Crippen LogP contribution in [-0.2, 0) is 0 Å². The number of pyridine rings is 1. The first-order valence-electron chi connectivity index (χ1n) is 8.03. The number of nitrogens with one attached hydrogen (secondary N) is 1. The number of hydrogen-bond donors (Lipinski definition) is 1. The Morgan fingerprint density at radius 1 is 0.962 bits per heavy atom. The molecule has 0 bridgehead atoms. The summed E-state index contributed by atoms with van der Waals surface area (Å²) in [5.41, 5.74) is 1.16. The average Bonchev–Trinajstić information content (AvgIpc) is 2.65. The Hall–Kier alpha value is -2.67. The van der Waals surface area contributed by atoms with Gasteiger partial charge in [-0.15, -0.1) is 0 Å². The number of benzene rings is 2. The van der Waals surface area contributed by atoms with Crippen molar-refractivity contribution < 1.29 is 8.78 Å². The van der Waals surface area contributed by atoms with Gasteiger partial charge in [0.1, 0.15) is 18.0 Å². The van der Waals surface area contributed by atoms with Gasteiger partial charge in [-0.05, 0) is 36.4 Å². The lowest BCUT2D eigenvalue weighted by molar-refractivity contribution is 0.637. The van der Waals surface area contributed by atoms with E-state index in [1.165, 1.54) is 12.4 Å². The standard InChI is InChI=1S/C17H9BrF2N4.C2H6/c18-9-6-11(19)15-14(7-9)22-8-23-17(15)24-13-4-3-12-10(16(13)20)2-1-5-21-12;1-2/h1-8H,(H,22,23,24);1-2H3. The van der Waals surface area contributed by atoms with E-state index in [9.17, 15) is 8.78 Å². The third-order valence-corrected chi connectivity index (χ3v) is 4.08. The number of anilines is 2. The van der Waals surface area contributed by atoms with Crippen molar-refractivity contribution in [1.82, 2.24) is 15.0 Å². The van der Waals surface area contributed by atoms with Crippen molar-refractivity contribution in [3.63, 3.8) is 0 Å². The highest BCUT2D eigenvalue weighted by Crippen LogP contribution is 2.30. The van der Waals surface area contributed by atoms with Crippen molar-refractivity contribution in [1.29, 1.82) is 0 Å². The summed E-state index contributed by atoms with van der Waals surface area (Å²) in [5, 5.41) is 3.44. The smallest absolute Gasteiger partial charge is 0.156 e. The third-order valence-electron chi connectivity index (χ3n) is 3.63. The Bertz CT molecular complexity index is 1090. The van der Waals surface area contributed by atoms with E-state index in [0.29, 0.717) is 20.9 Å². The lowest BCUT2D eigenvalue weighted by Gasteiger charge is -2.11. The first-order valence-corrected chi connectivity index (χ1v) is 8.83. The second-order valence-electron chi connectivity index (χ2n) is 5.13. The molecule has 0 aliphatic heterocycles. The van der Waals surface area contributed by atoms with Gasteiger partial charge in [-0.25, -0.2) is 18.7 Å². The van der Waals surface area contributed by atoms with Gasteiger partial charge in [-0.2, -0.15) is 0 Å². The summed E-state index contributed by atoms with van der Waals surface area (Å²) < 4.78 is 29.6. The van der Waals surface area contributed by atoms with Crippen LogP contribution in [0.2, 0.25) is 0 Å². The molecule has 7 heteroatoms. The van der Waals surface area contributed by atoms with Gasteiger partial charge in [-0.3, -0.25) is 4.98 Å². The number of halogens is 3. The second kappa shape index (κ2) is 7.70. The molecule has 0 aliphatic carbocycles. The molecule has 4 aromatic rings. The van der Waals surface area contributed by atoms with E-state index in [1.807, 2.05) is 13.8 Å². The number of aromatic nitrogens is 3. The van der Waals surface area contributed by atoms with E-state index in [-0.39, 0.29) is 16.9 Å². The van der Waals surface area contributed by atoms with E-state index in [0.717, 1.165) is 0 Å². The molecule has 2 aromatic carbocycles. The predicted octanol–water partition coefficient (Wildman–Crippen LogP) is 5.99. The van der Waals surface area contributed by atoms with Crippen LogP contribution in [-0.4, -0.2) is 15.0 Å². The Kier molecular flexibility index (Phi) is 5.37. The zero-order valence-electron chi connectivity index (χ0n) is 14.1. The van der Waals surface area contributed by atoms with Gasteiger partial charge in [0.25, 0.3) is 0 Å². The highest BCUT2D eigenvalue weighted by Gasteiger charge is 2.14. The summed E-state index contributed by atoms with van der Waals surface area (Å²) in [4.78, 5) is 12.2. The molecule has 0 atom stereocenters. The van der Waals surface area contributed by atoms with E-state index in [2.05, 4.69) is 36.2 Å². The third kappa shape index (κ3) is 3.35. The number of hydrogen-bond acceptors (Lipinski definition) is 4. The second-order valence-corrected chi connectivity index (χ2v) is 6.04. The molecule has 2 heterocycles. The molecule has 4 nitrogen and oxygen atoms in total. The molecule has 1 N–H and O–H groups in total. The highest BCUT2D eigenvalue weighted by molar-refractivity contribution is 9.10. The quantitative estimate of drug-likeness (QED) is 0.436. The molecule has 26 heavy (non-hydrogen) atoms. The van der Waals surface area contributed by atoms with E-state index >= 15 is 0 Å². The summed E-state index contributed by atoms with van der Waals surface area (Å²) >= 11 is 3.23. The van der Waals surface area contributed by atoms with Crippen molar-refractivity contribution in [3.05, 3.63) is 65.0 Å². The van der Waals surface area contributed by atoms with Crippen LogP contribution in [0.15, 0.2) is 53.4 Å². The van der Waals surface area contributed by atoms with Crippen LogP contribution in [0.4, 0.5) is 20.3 Å². The topological polar surface area (TPSA) is 50.7 Å². The zero-order chi connectivity index (χ0) is 18.7. The normalized spacial score (nSPS) is 10.5. The SMILES string of the molecule is CC.Fc1c(Nc2ncnc3cc(Br)cc(F)c23)ccc2ncccc12. The van der Waals surface area contributed by atoms with Gasteiger partial charge < -0.3 is 5.32 Å². The van der Waals surface area contributed by atoms with Crippen molar-refractivity contribution in [2.24, 2.45) is 0 Å². The molecule has 0 aliphatic rings. The molecule has 0 fully saturated rings. The summed E-state index contributed by atoms with van der Waals surface area (Å²) in [6.07, 6.45) is 2.90. The van der Waals surface area contributed by atoms with Crippen LogP contribution in [0.1, 0.15) is 13.8 Å². The maximum atomic E-state index is 14.7. The summed E-state index contributed by atoms with van der Waals surface area (Å²) in [6.45, 7) is 4.00. The molecule has 0 amide bonds. The van der Waals surface area contributed by atoms with Crippen molar-refractivity contribution in [2.75, 3.05) is 5.32 Å². The first kappa shape index (κ1) is 18.1. The Morgan fingerprint density at radius 2 is 1.77 bits per heavy atom. The van der Waals surface area contributed by atoms with Crippen LogP contribution >= 0.6 is 15.9 Å². The van der Waals surface area contributed by atoms with Crippen LogP contribution in [0, 0.1) is 11.6 Å². The van der Waals surface area contributed by atoms with Gasteiger partial charge in [0.05, 0.1) is 22.1 Å². The Labute approximate surface area is 157 Å². The van der Waals surface area contributed by atoms with Gasteiger partial charge in [0.2, 0.25) is 0 Å². The maximum absolute atomic E-state index is 14.7. The average molecular weight is 417 g/mol. The van der Waals surface area contributed by atoms with Gasteiger partial charge in [0.15, 0.2) is 5.82 Å². The maximum Gasteiger partial charge on any atom is 0.156 e. The van der Waals surface area contributed by atoms with Crippen LogP contribution < -0.4 is 5.32 Å². The van der Waals surface area contributed by atoms with Crippen molar-refractivity contribution >= 4 is 49.2 Å². The van der Waals surface area contributed by atoms with E-state index in [1.54, 1.807) is 36.5 Å². The predicted molar refractivity (Wildman–Crippen MR) is 104 cm³/mol. The Morgan fingerprint density at radius 3 is 2.58 bits per heavy atom. The molecule has 2 aromatic heterocycles. The van der Waals surface area contributed by atoms with Crippen LogP contribution in [0.5, 0.6) is 0 Å². The summed E-state index contributed by atoms with van der Waals surface area (Å²) in [7, 11) is 0.